The first kappa shape index (κ1) is 16.6. The first-order chi connectivity index (χ1) is 12.3. The Labute approximate surface area is 150 Å². The highest BCUT2D eigenvalue weighted by Gasteiger charge is 2.33. The molecule has 0 unspecified atom stereocenters. The van der Waals surface area contributed by atoms with Gasteiger partial charge in [0, 0.05) is 12.0 Å². The zero-order chi connectivity index (χ0) is 17.1. The molecule has 2 atom stereocenters. The van der Waals surface area contributed by atoms with Gasteiger partial charge in [0.15, 0.2) is 0 Å². The number of fused-ring (bicyclic) bond motifs is 2. The van der Waals surface area contributed by atoms with Gasteiger partial charge in [0.25, 0.3) is 0 Å². The van der Waals surface area contributed by atoms with Crippen molar-refractivity contribution in [3.63, 3.8) is 0 Å². The number of rotatable bonds is 4. The van der Waals surface area contributed by atoms with Crippen molar-refractivity contribution in [1.82, 2.24) is 4.90 Å². The molecule has 0 saturated carbocycles. The lowest BCUT2D eigenvalue weighted by Gasteiger charge is -2.44. The number of ether oxygens (including phenoxy) is 1. The number of hydrogen-bond donors (Lipinski definition) is 0. The Morgan fingerprint density at radius 1 is 1.00 bits per heavy atom. The summed E-state index contributed by atoms with van der Waals surface area (Å²) in [5, 5.41) is 2.33. The molecule has 2 aromatic carbocycles. The molecule has 0 radical (unpaired) electrons. The molecule has 0 aromatic heterocycles. The summed E-state index contributed by atoms with van der Waals surface area (Å²) in [6, 6.07) is 15.0. The van der Waals surface area contributed by atoms with Crippen molar-refractivity contribution in [1.29, 1.82) is 0 Å². The lowest BCUT2D eigenvalue weighted by molar-refractivity contribution is -0.145. The zero-order valence-electron chi connectivity index (χ0n) is 14.8. The molecule has 4 rings (SSSR count). The van der Waals surface area contributed by atoms with Crippen molar-refractivity contribution in [3.05, 3.63) is 48.0 Å². The van der Waals surface area contributed by atoms with E-state index < -0.39 is 0 Å². The van der Waals surface area contributed by atoms with Crippen molar-refractivity contribution in [2.24, 2.45) is 5.92 Å². The summed E-state index contributed by atoms with van der Waals surface area (Å²) in [6.07, 6.45) is 6.71. The van der Waals surface area contributed by atoms with Crippen LogP contribution in [0.2, 0.25) is 0 Å². The molecule has 0 N–H and O–H groups in total. The Kier molecular flexibility index (Phi) is 5.02. The molecule has 3 heteroatoms. The molecule has 0 amide bonds. The standard InChI is InChI=1S/C22H27NO2/c24-22(15-18-9-5-8-17-7-1-2-11-20(17)18)25-16-19-10-6-14-23-13-4-3-12-21(19)23/h1-2,5,7-9,11,19,21H,3-4,6,10,12-16H2/t19-,21+/m1/s1. The van der Waals surface area contributed by atoms with Gasteiger partial charge >= 0.3 is 5.97 Å². The predicted octanol–water partition coefficient (Wildman–Crippen LogP) is 4.19. The highest BCUT2D eigenvalue weighted by molar-refractivity contribution is 5.88. The number of benzene rings is 2. The summed E-state index contributed by atoms with van der Waals surface area (Å²) in [7, 11) is 0. The van der Waals surface area contributed by atoms with Crippen LogP contribution in [0.4, 0.5) is 0 Å². The molecule has 3 nitrogen and oxygen atoms in total. The smallest absolute Gasteiger partial charge is 0.310 e. The van der Waals surface area contributed by atoms with Gasteiger partial charge in [-0.25, -0.2) is 0 Å². The van der Waals surface area contributed by atoms with E-state index >= 15 is 0 Å². The fourth-order valence-electron chi connectivity index (χ4n) is 4.62. The number of esters is 1. The highest BCUT2D eigenvalue weighted by atomic mass is 16.5. The maximum Gasteiger partial charge on any atom is 0.310 e. The molecule has 2 fully saturated rings. The van der Waals surface area contributed by atoms with E-state index in [1.165, 1.54) is 50.6 Å². The third-order valence-corrected chi connectivity index (χ3v) is 5.90. The van der Waals surface area contributed by atoms with E-state index in [-0.39, 0.29) is 5.97 Å². The summed E-state index contributed by atoms with van der Waals surface area (Å²) < 4.78 is 5.72. The third-order valence-electron chi connectivity index (χ3n) is 5.90. The van der Waals surface area contributed by atoms with Gasteiger partial charge in [0.1, 0.15) is 0 Å². The molecular weight excluding hydrogens is 310 g/mol. The maximum absolute atomic E-state index is 12.4. The summed E-state index contributed by atoms with van der Waals surface area (Å²) in [4.78, 5) is 15.0. The fraction of sp³-hybridized carbons (Fsp3) is 0.500. The molecule has 2 aromatic rings. The minimum absolute atomic E-state index is 0.0933. The molecule has 2 saturated heterocycles. The van der Waals surface area contributed by atoms with Crippen LogP contribution in [0.25, 0.3) is 10.8 Å². The molecule has 2 aliphatic rings. The highest BCUT2D eigenvalue weighted by Crippen LogP contribution is 2.31. The van der Waals surface area contributed by atoms with Gasteiger partial charge in [-0.05, 0) is 55.1 Å². The van der Waals surface area contributed by atoms with Crippen LogP contribution in [0.5, 0.6) is 0 Å². The van der Waals surface area contributed by atoms with E-state index in [1.807, 2.05) is 24.3 Å². The Balaban J connectivity index is 1.37. The Hall–Kier alpha value is -1.87. The predicted molar refractivity (Wildman–Crippen MR) is 101 cm³/mol. The summed E-state index contributed by atoms with van der Waals surface area (Å²) in [5.41, 5.74) is 1.06. The van der Waals surface area contributed by atoms with Gasteiger partial charge in [-0.2, -0.15) is 0 Å². The van der Waals surface area contributed by atoms with Crippen LogP contribution in [0.15, 0.2) is 42.5 Å². The van der Waals surface area contributed by atoms with Gasteiger partial charge in [-0.1, -0.05) is 48.9 Å². The number of hydrogen-bond acceptors (Lipinski definition) is 3. The molecule has 0 spiro atoms. The van der Waals surface area contributed by atoms with E-state index in [9.17, 15) is 4.79 Å². The average molecular weight is 337 g/mol. The van der Waals surface area contributed by atoms with Crippen LogP contribution in [-0.4, -0.2) is 36.6 Å². The van der Waals surface area contributed by atoms with E-state index in [0.29, 0.717) is 25.0 Å². The normalized spacial score (nSPS) is 24.0. The van der Waals surface area contributed by atoms with Crippen molar-refractivity contribution < 1.29 is 9.53 Å². The second-order valence-electron chi connectivity index (χ2n) is 7.50. The van der Waals surface area contributed by atoms with E-state index in [0.717, 1.165) is 10.9 Å². The Bertz CT molecular complexity index is 734. The SMILES string of the molecule is O=C(Cc1cccc2ccccc12)OC[C@H]1CCCN2CCCC[C@@H]12. The van der Waals surface area contributed by atoms with Crippen molar-refractivity contribution in [3.8, 4) is 0 Å². The molecule has 2 aliphatic heterocycles. The van der Waals surface area contributed by atoms with Crippen LogP contribution in [-0.2, 0) is 16.0 Å². The van der Waals surface area contributed by atoms with Gasteiger partial charge in [-0.15, -0.1) is 0 Å². The van der Waals surface area contributed by atoms with Gasteiger partial charge in [0.2, 0.25) is 0 Å². The topological polar surface area (TPSA) is 29.5 Å². The van der Waals surface area contributed by atoms with E-state index in [2.05, 4.69) is 23.1 Å². The van der Waals surface area contributed by atoms with E-state index in [1.54, 1.807) is 0 Å². The Morgan fingerprint density at radius 3 is 2.80 bits per heavy atom. The monoisotopic (exact) mass is 337 g/mol. The van der Waals surface area contributed by atoms with Crippen LogP contribution in [0, 0.1) is 5.92 Å². The molecule has 0 aliphatic carbocycles. The molecule has 25 heavy (non-hydrogen) atoms. The largest absolute Gasteiger partial charge is 0.465 e. The second kappa shape index (κ2) is 7.57. The molecule has 2 heterocycles. The summed E-state index contributed by atoms with van der Waals surface area (Å²) >= 11 is 0. The fourth-order valence-corrected chi connectivity index (χ4v) is 4.62. The molecule has 132 valence electrons. The van der Waals surface area contributed by atoms with Crippen LogP contribution >= 0.6 is 0 Å². The molecular formula is C22H27NO2. The maximum atomic E-state index is 12.4. The third kappa shape index (κ3) is 3.72. The van der Waals surface area contributed by atoms with Gasteiger partial charge in [0.05, 0.1) is 13.0 Å². The van der Waals surface area contributed by atoms with E-state index in [4.69, 9.17) is 4.74 Å². The van der Waals surface area contributed by atoms with Gasteiger partial charge < -0.3 is 4.74 Å². The lowest BCUT2D eigenvalue weighted by Crippen LogP contribution is -2.49. The lowest BCUT2D eigenvalue weighted by atomic mass is 9.84. The minimum Gasteiger partial charge on any atom is -0.465 e. The minimum atomic E-state index is -0.0933. The number of carbonyl (C=O) groups is 1. The number of piperidine rings is 2. The summed E-state index contributed by atoms with van der Waals surface area (Å²) in [5.74, 6) is 0.426. The first-order valence-corrected chi connectivity index (χ1v) is 9.67. The van der Waals surface area contributed by atoms with Crippen LogP contribution < -0.4 is 0 Å². The summed E-state index contributed by atoms with van der Waals surface area (Å²) in [6.45, 7) is 3.04. The Morgan fingerprint density at radius 2 is 1.84 bits per heavy atom. The number of nitrogens with zero attached hydrogens (tertiary/aromatic N) is 1. The second-order valence-corrected chi connectivity index (χ2v) is 7.50. The van der Waals surface area contributed by atoms with Crippen molar-refractivity contribution in [2.45, 2.75) is 44.6 Å². The van der Waals surface area contributed by atoms with Crippen molar-refractivity contribution >= 4 is 16.7 Å². The zero-order valence-corrected chi connectivity index (χ0v) is 14.8. The van der Waals surface area contributed by atoms with Crippen LogP contribution in [0.1, 0.15) is 37.7 Å². The van der Waals surface area contributed by atoms with Crippen LogP contribution in [0.3, 0.4) is 0 Å². The first-order valence-electron chi connectivity index (χ1n) is 9.67. The number of carbonyl (C=O) groups excluding carboxylic acids is 1. The van der Waals surface area contributed by atoms with Gasteiger partial charge in [-0.3, -0.25) is 9.69 Å². The van der Waals surface area contributed by atoms with Crippen molar-refractivity contribution in [2.75, 3.05) is 19.7 Å². The molecule has 0 bridgehead atoms. The quantitative estimate of drug-likeness (QED) is 0.784. The average Bonchev–Trinajstić information content (AvgIpc) is 2.66.